The van der Waals surface area contributed by atoms with E-state index < -0.39 is 0 Å². The summed E-state index contributed by atoms with van der Waals surface area (Å²) >= 11 is 12.4. The SMILES string of the molecule is [C-]#[N+]c1cnc(Nc2cccc(OCCN3CCCC3)c2)nc1Nc1cc(C)c(Cl)cc1Cl. The summed E-state index contributed by atoms with van der Waals surface area (Å²) in [7, 11) is 0. The number of likely N-dealkylation sites (tertiary alicyclic amines) is 1. The van der Waals surface area contributed by atoms with Crippen LogP contribution >= 0.6 is 23.2 Å². The average molecular weight is 483 g/mol. The van der Waals surface area contributed by atoms with Gasteiger partial charge in [-0.1, -0.05) is 29.3 Å². The lowest BCUT2D eigenvalue weighted by Crippen LogP contribution is -2.25. The summed E-state index contributed by atoms with van der Waals surface area (Å²) in [4.78, 5) is 14.7. The van der Waals surface area contributed by atoms with Crippen LogP contribution in [0.1, 0.15) is 18.4 Å². The van der Waals surface area contributed by atoms with Gasteiger partial charge < -0.3 is 15.4 Å². The molecule has 0 unspecified atom stereocenters. The summed E-state index contributed by atoms with van der Waals surface area (Å²) in [6, 6.07) is 11.1. The lowest BCUT2D eigenvalue weighted by Gasteiger charge is -2.15. The van der Waals surface area contributed by atoms with E-state index in [9.17, 15) is 0 Å². The summed E-state index contributed by atoms with van der Waals surface area (Å²) in [5.41, 5.74) is 2.54. The molecular weight excluding hydrogens is 459 g/mol. The number of ether oxygens (including phenoxy) is 1. The van der Waals surface area contributed by atoms with Gasteiger partial charge in [0.25, 0.3) is 0 Å². The topological polar surface area (TPSA) is 66.7 Å². The van der Waals surface area contributed by atoms with E-state index in [1.165, 1.54) is 19.0 Å². The Morgan fingerprint density at radius 1 is 1.12 bits per heavy atom. The number of aryl methyl sites for hydroxylation is 1. The van der Waals surface area contributed by atoms with Crippen LogP contribution in [-0.4, -0.2) is 41.1 Å². The Kier molecular flexibility index (Phi) is 7.50. The number of benzene rings is 2. The fourth-order valence-electron chi connectivity index (χ4n) is 3.58. The van der Waals surface area contributed by atoms with Gasteiger partial charge in [-0.05, 0) is 62.7 Å². The molecule has 1 saturated heterocycles. The molecule has 1 aliphatic rings. The molecule has 2 N–H and O–H groups in total. The molecule has 0 radical (unpaired) electrons. The van der Waals surface area contributed by atoms with Gasteiger partial charge >= 0.3 is 0 Å². The first kappa shape index (κ1) is 23.1. The molecule has 0 atom stereocenters. The number of nitrogens with one attached hydrogen (secondary N) is 2. The van der Waals surface area contributed by atoms with Crippen molar-refractivity contribution in [2.45, 2.75) is 19.8 Å². The van der Waals surface area contributed by atoms with Crippen molar-refractivity contribution in [2.24, 2.45) is 0 Å². The largest absolute Gasteiger partial charge is 0.492 e. The molecule has 9 heteroatoms. The minimum absolute atomic E-state index is 0.281. The first-order chi connectivity index (χ1) is 16.0. The van der Waals surface area contributed by atoms with Crippen molar-refractivity contribution >= 4 is 52.0 Å². The Balaban J connectivity index is 1.46. The molecule has 1 aromatic heterocycles. The van der Waals surface area contributed by atoms with Gasteiger partial charge in [0, 0.05) is 29.5 Å². The highest BCUT2D eigenvalue weighted by Crippen LogP contribution is 2.34. The zero-order valence-corrected chi connectivity index (χ0v) is 19.7. The Morgan fingerprint density at radius 2 is 1.94 bits per heavy atom. The highest BCUT2D eigenvalue weighted by atomic mass is 35.5. The molecule has 0 aliphatic carbocycles. The second-order valence-electron chi connectivity index (χ2n) is 7.80. The molecule has 0 saturated carbocycles. The predicted molar refractivity (Wildman–Crippen MR) is 134 cm³/mol. The third-order valence-electron chi connectivity index (χ3n) is 5.36. The predicted octanol–water partition coefficient (Wildman–Crippen LogP) is 6.60. The number of rotatable bonds is 8. The van der Waals surface area contributed by atoms with E-state index in [-0.39, 0.29) is 5.69 Å². The van der Waals surface area contributed by atoms with Crippen LogP contribution in [0.25, 0.3) is 4.85 Å². The third kappa shape index (κ3) is 6.05. The van der Waals surface area contributed by atoms with Gasteiger partial charge in [0.1, 0.15) is 18.2 Å². The van der Waals surface area contributed by atoms with E-state index >= 15 is 0 Å². The highest BCUT2D eigenvalue weighted by Gasteiger charge is 2.13. The van der Waals surface area contributed by atoms with E-state index in [1.54, 1.807) is 6.07 Å². The van der Waals surface area contributed by atoms with E-state index in [1.807, 2.05) is 37.3 Å². The fourth-order valence-corrected chi connectivity index (χ4v) is 4.01. The summed E-state index contributed by atoms with van der Waals surface area (Å²) in [6.45, 7) is 13.2. The lowest BCUT2D eigenvalue weighted by atomic mass is 10.2. The maximum atomic E-state index is 7.44. The van der Waals surface area contributed by atoms with Gasteiger partial charge in [-0.25, -0.2) is 14.8 Å². The van der Waals surface area contributed by atoms with E-state index in [2.05, 4.69) is 30.3 Å². The second kappa shape index (κ2) is 10.7. The van der Waals surface area contributed by atoms with Crippen molar-refractivity contribution in [3.05, 3.63) is 69.6 Å². The van der Waals surface area contributed by atoms with Crippen LogP contribution in [0.5, 0.6) is 5.75 Å². The van der Waals surface area contributed by atoms with E-state index in [0.29, 0.717) is 34.1 Å². The van der Waals surface area contributed by atoms with Gasteiger partial charge in [0.2, 0.25) is 11.6 Å². The molecule has 7 nitrogen and oxygen atoms in total. The van der Waals surface area contributed by atoms with Crippen LogP contribution in [0.3, 0.4) is 0 Å². The molecule has 2 aromatic carbocycles. The van der Waals surface area contributed by atoms with Crippen molar-refractivity contribution < 1.29 is 4.74 Å². The molecule has 1 fully saturated rings. The van der Waals surface area contributed by atoms with Gasteiger partial charge in [-0.3, -0.25) is 4.90 Å². The van der Waals surface area contributed by atoms with Crippen LogP contribution < -0.4 is 15.4 Å². The molecule has 33 heavy (non-hydrogen) atoms. The Bertz CT molecular complexity index is 1170. The van der Waals surface area contributed by atoms with E-state index in [0.717, 1.165) is 36.6 Å². The molecule has 170 valence electrons. The lowest BCUT2D eigenvalue weighted by molar-refractivity contribution is 0.238. The normalized spacial score (nSPS) is 13.5. The average Bonchev–Trinajstić information content (AvgIpc) is 3.32. The molecule has 3 aromatic rings. The van der Waals surface area contributed by atoms with Crippen LogP contribution in [0.4, 0.5) is 28.8 Å². The van der Waals surface area contributed by atoms with Gasteiger partial charge in [-0.15, -0.1) is 0 Å². The summed E-state index contributed by atoms with van der Waals surface area (Å²) in [6.07, 6.45) is 4.01. The second-order valence-corrected chi connectivity index (χ2v) is 8.61. The Morgan fingerprint density at radius 3 is 2.73 bits per heavy atom. The molecule has 0 spiro atoms. The number of nitrogens with zero attached hydrogens (tertiary/aromatic N) is 4. The van der Waals surface area contributed by atoms with Crippen molar-refractivity contribution in [1.82, 2.24) is 14.9 Å². The van der Waals surface area contributed by atoms with Crippen LogP contribution in [0.15, 0.2) is 42.6 Å². The van der Waals surface area contributed by atoms with Crippen molar-refractivity contribution in [1.29, 1.82) is 0 Å². The minimum atomic E-state index is 0.281. The smallest absolute Gasteiger partial charge is 0.246 e. The standard InChI is InChI=1S/C24H24Cl2N6O/c1-16-12-21(20(26)14-19(16)25)30-23-22(27-2)15-28-24(31-23)29-17-6-5-7-18(13-17)33-11-10-32-8-3-4-9-32/h5-7,12-15H,3-4,8-11H2,1H3,(H2,28,29,30,31). The first-order valence-electron chi connectivity index (χ1n) is 10.7. The Labute approximate surface area is 203 Å². The number of hydrogen-bond donors (Lipinski definition) is 2. The number of hydrogen-bond acceptors (Lipinski definition) is 6. The van der Waals surface area contributed by atoms with Crippen molar-refractivity contribution in [3.63, 3.8) is 0 Å². The maximum Gasteiger partial charge on any atom is 0.246 e. The molecular formula is C24H24Cl2N6O. The zero-order chi connectivity index (χ0) is 23.2. The summed E-state index contributed by atoms with van der Waals surface area (Å²) < 4.78 is 5.92. The van der Waals surface area contributed by atoms with Crippen LogP contribution in [-0.2, 0) is 0 Å². The monoisotopic (exact) mass is 482 g/mol. The molecule has 0 bridgehead atoms. The molecule has 4 rings (SSSR count). The number of halogens is 2. The van der Waals surface area contributed by atoms with Crippen molar-refractivity contribution in [3.8, 4) is 5.75 Å². The quantitative estimate of drug-likeness (QED) is 0.352. The Hall–Kier alpha value is -3.05. The van der Waals surface area contributed by atoms with Crippen LogP contribution in [0.2, 0.25) is 10.0 Å². The fraction of sp³-hybridized carbons (Fsp3) is 0.292. The highest BCUT2D eigenvalue weighted by molar-refractivity contribution is 6.36. The van der Waals surface area contributed by atoms with Gasteiger partial charge in [-0.2, -0.15) is 0 Å². The third-order valence-corrected chi connectivity index (χ3v) is 6.08. The molecule has 0 amide bonds. The molecule has 2 heterocycles. The molecule has 1 aliphatic heterocycles. The number of anilines is 4. The number of aromatic nitrogens is 2. The summed E-state index contributed by atoms with van der Waals surface area (Å²) in [5, 5.41) is 7.32. The van der Waals surface area contributed by atoms with E-state index in [4.69, 9.17) is 34.5 Å². The zero-order valence-electron chi connectivity index (χ0n) is 18.2. The summed E-state index contributed by atoms with van der Waals surface area (Å²) in [5.74, 6) is 1.48. The van der Waals surface area contributed by atoms with Crippen molar-refractivity contribution in [2.75, 3.05) is 36.9 Å². The maximum absolute atomic E-state index is 7.44. The first-order valence-corrected chi connectivity index (χ1v) is 11.5. The van der Waals surface area contributed by atoms with Gasteiger partial charge in [0.15, 0.2) is 0 Å². The minimum Gasteiger partial charge on any atom is -0.492 e. The van der Waals surface area contributed by atoms with Gasteiger partial charge in [0.05, 0.1) is 17.3 Å². The van der Waals surface area contributed by atoms with Crippen LogP contribution in [0, 0.1) is 13.5 Å².